The van der Waals surface area contributed by atoms with E-state index in [0.29, 0.717) is 17.8 Å². The second kappa shape index (κ2) is 4.29. The van der Waals surface area contributed by atoms with Gasteiger partial charge in [0.1, 0.15) is 5.75 Å². The number of aromatic nitrogens is 2. The van der Waals surface area contributed by atoms with Crippen molar-refractivity contribution in [2.24, 2.45) is 5.73 Å². The molecule has 0 spiro atoms. The molecule has 2 N–H and O–H groups in total. The largest absolute Gasteiger partial charge is 0.497 e. The van der Waals surface area contributed by atoms with Gasteiger partial charge >= 0.3 is 0 Å². The predicted molar refractivity (Wildman–Crippen MR) is 65.0 cm³/mol. The molecule has 2 rings (SSSR count). The van der Waals surface area contributed by atoms with Crippen LogP contribution in [-0.2, 0) is 6.54 Å². The fraction of sp³-hybridized carbons (Fsp3) is 0.167. The summed E-state index contributed by atoms with van der Waals surface area (Å²) in [6.07, 6.45) is 1.69. The molecule has 0 aliphatic rings. The quantitative estimate of drug-likeness (QED) is 0.807. The Morgan fingerprint density at radius 3 is 3.00 bits per heavy atom. The van der Waals surface area contributed by atoms with Crippen molar-refractivity contribution in [2.45, 2.75) is 6.54 Å². The monoisotopic (exact) mass is 231 g/mol. The van der Waals surface area contributed by atoms with Crippen LogP contribution in [0.1, 0.15) is 10.6 Å². The number of hydrogen-bond donors (Lipinski definition) is 1. The Hall–Kier alpha value is -2.30. The van der Waals surface area contributed by atoms with Gasteiger partial charge in [-0.2, -0.15) is 0 Å². The lowest BCUT2D eigenvalue weighted by Crippen LogP contribution is -2.17. The van der Waals surface area contributed by atoms with Crippen molar-refractivity contribution in [3.8, 4) is 5.75 Å². The van der Waals surface area contributed by atoms with Gasteiger partial charge in [-0.25, -0.2) is 4.98 Å². The first-order valence-corrected chi connectivity index (χ1v) is 5.12. The number of carbonyl (C=O) groups excluding carboxylic acids is 1. The molecule has 0 fully saturated rings. The summed E-state index contributed by atoms with van der Waals surface area (Å²) in [4.78, 5) is 15.5. The minimum atomic E-state index is -0.554. The van der Waals surface area contributed by atoms with Crippen molar-refractivity contribution in [2.75, 3.05) is 7.11 Å². The van der Waals surface area contributed by atoms with E-state index in [1.807, 2.05) is 6.07 Å². The fourth-order valence-corrected chi connectivity index (χ4v) is 1.73. The molecule has 0 unspecified atom stereocenters. The first kappa shape index (κ1) is 11.2. The summed E-state index contributed by atoms with van der Waals surface area (Å²) in [5.41, 5.74) is 6.80. The average molecular weight is 231 g/mol. The second-order valence-electron chi connectivity index (χ2n) is 3.55. The predicted octanol–water partition coefficient (Wildman–Crippen LogP) is 1.33. The lowest BCUT2D eigenvalue weighted by molar-refractivity contribution is 0.0987. The summed E-state index contributed by atoms with van der Waals surface area (Å²) in [7, 11) is 1.59. The van der Waals surface area contributed by atoms with Crippen molar-refractivity contribution in [3.05, 3.63) is 36.7 Å². The number of primary amides is 1. The summed E-state index contributed by atoms with van der Waals surface area (Å²) < 4.78 is 6.86. The van der Waals surface area contributed by atoms with Crippen molar-refractivity contribution in [3.63, 3.8) is 0 Å². The molecule has 0 bridgehead atoms. The fourth-order valence-electron chi connectivity index (χ4n) is 1.73. The number of nitrogens with zero attached hydrogens (tertiary/aromatic N) is 2. The van der Waals surface area contributed by atoms with Crippen LogP contribution < -0.4 is 10.5 Å². The Morgan fingerprint density at radius 1 is 1.65 bits per heavy atom. The molecular weight excluding hydrogens is 218 g/mol. The van der Waals surface area contributed by atoms with Crippen LogP contribution in [0.4, 0.5) is 0 Å². The molecule has 0 radical (unpaired) electrons. The molecule has 0 atom stereocenters. The lowest BCUT2D eigenvalue weighted by atomic mass is 10.3. The van der Waals surface area contributed by atoms with Crippen LogP contribution in [0.2, 0.25) is 0 Å². The Kier molecular flexibility index (Phi) is 2.82. The van der Waals surface area contributed by atoms with Crippen LogP contribution in [0.5, 0.6) is 5.75 Å². The molecule has 88 valence electrons. The van der Waals surface area contributed by atoms with Gasteiger partial charge in [-0.05, 0) is 12.1 Å². The Labute approximate surface area is 98.5 Å². The van der Waals surface area contributed by atoms with E-state index >= 15 is 0 Å². The molecule has 5 heteroatoms. The van der Waals surface area contributed by atoms with Crippen molar-refractivity contribution in [1.29, 1.82) is 0 Å². The van der Waals surface area contributed by atoms with Crippen LogP contribution in [-0.4, -0.2) is 22.6 Å². The second-order valence-corrected chi connectivity index (χ2v) is 3.55. The molecule has 17 heavy (non-hydrogen) atoms. The van der Waals surface area contributed by atoms with Gasteiger partial charge in [0.25, 0.3) is 5.91 Å². The number of rotatable bonds is 4. The molecule has 1 amide bonds. The molecule has 1 aromatic heterocycles. The van der Waals surface area contributed by atoms with Crippen LogP contribution in [0.3, 0.4) is 0 Å². The molecule has 0 aliphatic heterocycles. The number of nitrogens with two attached hydrogens (primary N) is 1. The Balaban J connectivity index is 2.71. The zero-order valence-electron chi connectivity index (χ0n) is 9.51. The van der Waals surface area contributed by atoms with E-state index < -0.39 is 5.91 Å². The number of hydrogen-bond acceptors (Lipinski definition) is 3. The molecular formula is C12H13N3O2. The van der Waals surface area contributed by atoms with E-state index in [4.69, 9.17) is 10.5 Å². The van der Waals surface area contributed by atoms with Gasteiger partial charge in [-0.3, -0.25) is 4.79 Å². The molecule has 0 aliphatic carbocycles. The van der Waals surface area contributed by atoms with Crippen LogP contribution in [0.15, 0.2) is 30.9 Å². The third-order valence-corrected chi connectivity index (χ3v) is 2.49. The molecule has 1 aromatic carbocycles. The first-order chi connectivity index (χ1) is 8.17. The molecule has 1 heterocycles. The third kappa shape index (κ3) is 1.87. The SMILES string of the molecule is C=CCn1c(C(N)=O)nc2ccc(OC)cc21. The zero-order valence-corrected chi connectivity index (χ0v) is 9.51. The van der Waals surface area contributed by atoms with Crippen molar-refractivity contribution in [1.82, 2.24) is 9.55 Å². The van der Waals surface area contributed by atoms with E-state index in [2.05, 4.69) is 11.6 Å². The number of fused-ring (bicyclic) bond motifs is 1. The molecule has 5 nitrogen and oxygen atoms in total. The van der Waals surface area contributed by atoms with Crippen LogP contribution in [0, 0.1) is 0 Å². The maximum atomic E-state index is 11.3. The van der Waals surface area contributed by atoms with Gasteiger partial charge in [0.05, 0.1) is 18.1 Å². The summed E-state index contributed by atoms with van der Waals surface area (Å²) in [5.74, 6) is 0.383. The number of carbonyl (C=O) groups is 1. The van der Waals surface area contributed by atoms with Crippen LogP contribution in [0.25, 0.3) is 11.0 Å². The van der Waals surface area contributed by atoms with Gasteiger partial charge in [-0.15, -0.1) is 6.58 Å². The summed E-state index contributed by atoms with van der Waals surface area (Å²) in [6.45, 7) is 4.13. The van der Waals surface area contributed by atoms with Crippen LogP contribution >= 0.6 is 0 Å². The van der Waals surface area contributed by atoms with Crippen molar-refractivity contribution < 1.29 is 9.53 Å². The average Bonchev–Trinajstić information content (AvgIpc) is 2.68. The summed E-state index contributed by atoms with van der Waals surface area (Å²) in [6, 6.07) is 5.40. The number of imidazole rings is 1. The standard InChI is InChI=1S/C12H13N3O2/c1-3-6-15-10-7-8(17-2)4-5-9(10)14-12(15)11(13)16/h3-5,7H,1,6H2,2H3,(H2,13,16). The highest BCUT2D eigenvalue weighted by atomic mass is 16.5. The summed E-state index contributed by atoms with van der Waals surface area (Å²) in [5, 5.41) is 0. The summed E-state index contributed by atoms with van der Waals surface area (Å²) >= 11 is 0. The van der Waals surface area contributed by atoms with E-state index in [1.165, 1.54) is 0 Å². The van der Waals surface area contributed by atoms with Gasteiger partial charge < -0.3 is 15.0 Å². The number of benzene rings is 1. The highest BCUT2D eigenvalue weighted by molar-refractivity contribution is 5.94. The van der Waals surface area contributed by atoms with E-state index in [9.17, 15) is 4.79 Å². The van der Waals surface area contributed by atoms with Crippen molar-refractivity contribution >= 4 is 16.9 Å². The lowest BCUT2D eigenvalue weighted by Gasteiger charge is -2.04. The third-order valence-electron chi connectivity index (χ3n) is 2.49. The minimum absolute atomic E-state index is 0.230. The first-order valence-electron chi connectivity index (χ1n) is 5.12. The Bertz CT molecular complexity index is 587. The van der Waals surface area contributed by atoms with Gasteiger partial charge in [-0.1, -0.05) is 6.08 Å². The highest BCUT2D eigenvalue weighted by Gasteiger charge is 2.14. The molecule has 2 aromatic rings. The van der Waals surface area contributed by atoms with Gasteiger partial charge in [0.15, 0.2) is 5.82 Å². The minimum Gasteiger partial charge on any atom is -0.497 e. The Morgan fingerprint density at radius 2 is 2.41 bits per heavy atom. The van der Waals surface area contributed by atoms with Gasteiger partial charge in [0.2, 0.25) is 0 Å². The maximum Gasteiger partial charge on any atom is 0.284 e. The number of methoxy groups -OCH3 is 1. The zero-order chi connectivity index (χ0) is 12.4. The van der Waals surface area contributed by atoms with E-state index in [0.717, 1.165) is 5.52 Å². The smallest absolute Gasteiger partial charge is 0.284 e. The topological polar surface area (TPSA) is 70.1 Å². The number of ether oxygens (including phenoxy) is 1. The highest BCUT2D eigenvalue weighted by Crippen LogP contribution is 2.21. The molecule has 0 saturated carbocycles. The van der Waals surface area contributed by atoms with E-state index in [-0.39, 0.29) is 5.82 Å². The molecule has 0 saturated heterocycles. The normalized spacial score (nSPS) is 10.4. The van der Waals surface area contributed by atoms with E-state index in [1.54, 1.807) is 29.9 Å². The number of amides is 1. The number of allylic oxidation sites excluding steroid dienone is 1. The van der Waals surface area contributed by atoms with Gasteiger partial charge in [0, 0.05) is 12.6 Å². The maximum absolute atomic E-state index is 11.3.